The first-order valence-corrected chi connectivity index (χ1v) is 8.56. The molecule has 3 rings (SSSR count). The number of hydrogen-bond acceptors (Lipinski definition) is 4. The van der Waals surface area contributed by atoms with Crippen LogP contribution in [0, 0.1) is 0 Å². The van der Waals surface area contributed by atoms with Gasteiger partial charge in [-0.25, -0.2) is 0 Å². The molecule has 0 amide bonds. The van der Waals surface area contributed by atoms with E-state index >= 15 is 0 Å². The van der Waals surface area contributed by atoms with Crippen LogP contribution >= 0.6 is 0 Å². The molecule has 126 valence electrons. The molecule has 0 spiro atoms. The van der Waals surface area contributed by atoms with Gasteiger partial charge < -0.3 is 14.2 Å². The maximum absolute atomic E-state index is 6.10. The zero-order chi connectivity index (χ0) is 15.9. The molecule has 2 aliphatic heterocycles. The first-order chi connectivity index (χ1) is 11.3. The normalized spacial score (nSPS) is 20.3. The molecule has 0 atom stereocenters. The van der Waals surface area contributed by atoms with Crippen molar-refractivity contribution in [1.29, 1.82) is 0 Å². The average molecular weight is 317 g/mol. The van der Waals surface area contributed by atoms with Crippen molar-refractivity contribution in [2.75, 3.05) is 40.0 Å². The lowest BCUT2D eigenvalue weighted by Gasteiger charge is -2.33. The van der Waals surface area contributed by atoms with Gasteiger partial charge in [0.15, 0.2) is 0 Å². The van der Waals surface area contributed by atoms with E-state index in [0.717, 1.165) is 63.4 Å². The minimum absolute atomic E-state index is 0.354. The first-order valence-electron chi connectivity index (χ1n) is 8.56. The van der Waals surface area contributed by atoms with E-state index < -0.39 is 0 Å². The first kappa shape index (κ1) is 16.5. The van der Waals surface area contributed by atoms with Crippen LogP contribution in [0.4, 0.5) is 0 Å². The van der Waals surface area contributed by atoms with Gasteiger partial charge in [-0.15, -0.1) is 0 Å². The Balaban J connectivity index is 1.41. The van der Waals surface area contributed by atoms with Gasteiger partial charge in [0, 0.05) is 25.2 Å². The molecule has 23 heavy (non-hydrogen) atoms. The molecule has 0 bridgehead atoms. The Morgan fingerprint density at radius 3 is 2.78 bits per heavy atom. The fourth-order valence-corrected chi connectivity index (χ4v) is 3.27. The lowest BCUT2D eigenvalue weighted by atomic mass is 10.1. The largest absolute Gasteiger partial charge is 0.496 e. The fourth-order valence-electron chi connectivity index (χ4n) is 3.27. The highest BCUT2D eigenvalue weighted by Crippen LogP contribution is 2.22. The van der Waals surface area contributed by atoms with Crippen LogP contribution < -0.4 is 4.74 Å². The third kappa shape index (κ3) is 4.80. The van der Waals surface area contributed by atoms with E-state index in [0.29, 0.717) is 12.7 Å². The van der Waals surface area contributed by atoms with Crippen LogP contribution in [0.3, 0.4) is 0 Å². The van der Waals surface area contributed by atoms with Gasteiger partial charge in [0.2, 0.25) is 0 Å². The van der Waals surface area contributed by atoms with E-state index in [1.165, 1.54) is 5.57 Å². The van der Waals surface area contributed by atoms with Gasteiger partial charge in [0.1, 0.15) is 5.75 Å². The molecule has 1 saturated heterocycles. The summed E-state index contributed by atoms with van der Waals surface area (Å²) in [6.45, 7) is 5.58. The lowest BCUT2D eigenvalue weighted by molar-refractivity contribution is -0.00221. The van der Waals surface area contributed by atoms with Crippen LogP contribution in [0.1, 0.15) is 24.8 Å². The second-order valence-corrected chi connectivity index (χ2v) is 6.30. The molecular formula is C19H27NO3. The second kappa shape index (κ2) is 8.48. The Bertz CT molecular complexity index is 521. The Morgan fingerprint density at radius 2 is 2.04 bits per heavy atom. The van der Waals surface area contributed by atoms with Gasteiger partial charge in [-0.2, -0.15) is 0 Å². The number of para-hydroxylation sites is 1. The average Bonchev–Trinajstić information content (AvgIpc) is 2.62. The fraction of sp³-hybridized carbons (Fsp3) is 0.579. The molecular weight excluding hydrogens is 290 g/mol. The highest BCUT2D eigenvalue weighted by molar-refractivity contribution is 5.32. The summed E-state index contributed by atoms with van der Waals surface area (Å²) in [6.07, 6.45) is 5.96. The minimum Gasteiger partial charge on any atom is -0.496 e. The van der Waals surface area contributed by atoms with Crippen molar-refractivity contribution in [3.63, 3.8) is 0 Å². The zero-order valence-corrected chi connectivity index (χ0v) is 14.0. The van der Waals surface area contributed by atoms with Gasteiger partial charge in [-0.1, -0.05) is 24.3 Å². The lowest BCUT2D eigenvalue weighted by Crippen LogP contribution is -2.38. The Hall–Kier alpha value is -1.36. The Kier molecular flexibility index (Phi) is 6.08. The Labute approximate surface area is 139 Å². The monoisotopic (exact) mass is 317 g/mol. The molecule has 2 aliphatic rings. The van der Waals surface area contributed by atoms with Gasteiger partial charge >= 0.3 is 0 Å². The summed E-state index contributed by atoms with van der Waals surface area (Å²) in [5.41, 5.74) is 2.56. The van der Waals surface area contributed by atoms with Crippen LogP contribution in [-0.2, 0) is 16.1 Å². The number of likely N-dealkylation sites (tertiary alicyclic amines) is 1. The molecule has 0 unspecified atom stereocenters. The molecule has 1 aromatic carbocycles. The SMILES string of the molecule is COc1ccccc1COC1CCN(CC2=CCCOC2)CC1. The summed E-state index contributed by atoms with van der Waals surface area (Å²) in [4.78, 5) is 2.52. The third-order valence-corrected chi connectivity index (χ3v) is 4.61. The van der Waals surface area contributed by atoms with Crippen molar-refractivity contribution < 1.29 is 14.2 Å². The van der Waals surface area contributed by atoms with Gasteiger partial charge in [0.25, 0.3) is 0 Å². The smallest absolute Gasteiger partial charge is 0.124 e. The van der Waals surface area contributed by atoms with Gasteiger partial charge in [0.05, 0.1) is 33.0 Å². The summed E-state index contributed by atoms with van der Waals surface area (Å²) in [5.74, 6) is 0.911. The summed E-state index contributed by atoms with van der Waals surface area (Å²) in [5, 5.41) is 0. The van der Waals surface area contributed by atoms with Crippen molar-refractivity contribution in [2.45, 2.75) is 32.0 Å². The van der Waals surface area contributed by atoms with E-state index in [9.17, 15) is 0 Å². The van der Waals surface area contributed by atoms with E-state index in [4.69, 9.17) is 14.2 Å². The molecule has 2 heterocycles. The third-order valence-electron chi connectivity index (χ3n) is 4.61. The van der Waals surface area contributed by atoms with Crippen LogP contribution in [0.5, 0.6) is 5.75 Å². The summed E-state index contributed by atoms with van der Waals surface area (Å²) in [7, 11) is 1.71. The molecule has 0 saturated carbocycles. The van der Waals surface area contributed by atoms with E-state index in [2.05, 4.69) is 17.0 Å². The van der Waals surface area contributed by atoms with Crippen molar-refractivity contribution >= 4 is 0 Å². The molecule has 0 N–H and O–H groups in total. The van der Waals surface area contributed by atoms with E-state index in [-0.39, 0.29) is 0 Å². The number of piperidine rings is 1. The maximum Gasteiger partial charge on any atom is 0.124 e. The molecule has 0 aromatic heterocycles. The second-order valence-electron chi connectivity index (χ2n) is 6.30. The van der Waals surface area contributed by atoms with E-state index in [1.54, 1.807) is 7.11 Å². The van der Waals surface area contributed by atoms with Crippen molar-refractivity contribution in [1.82, 2.24) is 4.90 Å². The minimum atomic E-state index is 0.354. The number of benzene rings is 1. The maximum atomic E-state index is 6.10. The van der Waals surface area contributed by atoms with Crippen LogP contribution in [0.15, 0.2) is 35.9 Å². The molecule has 1 fully saturated rings. The number of methoxy groups -OCH3 is 1. The van der Waals surface area contributed by atoms with Crippen LogP contribution in [-0.4, -0.2) is 51.0 Å². The highest BCUT2D eigenvalue weighted by atomic mass is 16.5. The molecule has 0 aliphatic carbocycles. The summed E-state index contributed by atoms with van der Waals surface area (Å²) in [6, 6.07) is 8.08. The van der Waals surface area contributed by atoms with Crippen LogP contribution in [0.2, 0.25) is 0 Å². The summed E-state index contributed by atoms with van der Waals surface area (Å²) < 4.78 is 17.0. The quantitative estimate of drug-likeness (QED) is 0.755. The van der Waals surface area contributed by atoms with Crippen molar-refractivity contribution in [3.8, 4) is 5.75 Å². The van der Waals surface area contributed by atoms with Crippen molar-refractivity contribution in [2.24, 2.45) is 0 Å². The molecule has 1 aromatic rings. The highest BCUT2D eigenvalue weighted by Gasteiger charge is 2.21. The summed E-state index contributed by atoms with van der Waals surface area (Å²) >= 11 is 0. The molecule has 0 radical (unpaired) electrons. The zero-order valence-electron chi connectivity index (χ0n) is 14.0. The van der Waals surface area contributed by atoms with Gasteiger partial charge in [-0.3, -0.25) is 4.90 Å². The number of nitrogens with zero attached hydrogens (tertiary/aromatic N) is 1. The van der Waals surface area contributed by atoms with E-state index in [1.807, 2.05) is 18.2 Å². The number of hydrogen-bond donors (Lipinski definition) is 0. The number of rotatable bonds is 6. The van der Waals surface area contributed by atoms with Crippen molar-refractivity contribution in [3.05, 3.63) is 41.5 Å². The molecule has 4 nitrogen and oxygen atoms in total. The predicted octanol–water partition coefficient (Wildman–Crippen LogP) is 3.02. The van der Waals surface area contributed by atoms with Gasteiger partial charge in [-0.05, 0) is 30.9 Å². The Morgan fingerprint density at radius 1 is 1.22 bits per heavy atom. The number of ether oxygens (including phenoxy) is 3. The standard InChI is InChI=1S/C19H27NO3/c1-21-19-7-3-2-6-17(19)15-23-18-8-10-20(11-9-18)13-16-5-4-12-22-14-16/h2-3,5-7,18H,4,8-15H2,1H3. The predicted molar refractivity (Wildman–Crippen MR) is 90.8 cm³/mol. The topological polar surface area (TPSA) is 30.9 Å². The molecule has 4 heteroatoms. The van der Waals surface area contributed by atoms with Crippen LogP contribution in [0.25, 0.3) is 0 Å².